The molecular weight excluding hydrogens is 268 g/mol. The third-order valence-electron chi connectivity index (χ3n) is 4.70. The molecule has 0 radical (unpaired) electrons. The van der Waals surface area contributed by atoms with E-state index in [0.29, 0.717) is 12.5 Å². The van der Waals surface area contributed by atoms with Crippen molar-refractivity contribution in [2.24, 2.45) is 11.7 Å². The third-order valence-corrected chi connectivity index (χ3v) is 4.70. The molecule has 3 rings (SSSR count). The molecular formula is C15H24N4O2. The lowest BCUT2D eigenvalue weighted by atomic mass is 9.97. The zero-order chi connectivity index (χ0) is 14.8. The molecule has 0 aliphatic carbocycles. The number of likely N-dealkylation sites (tertiary alicyclic amines) is 1. The van der Waals surface area contributed by atoms with Crippen LogP contribution in [0.2, 0.25) is 0 Å². The van der Waals surface area contributed by atoms with E-state index in [9.17, 15) is 4.79 Å². The van der Waals surface area contributed by atoms with Crippen LogP contribution >= 0.6 is 0 Å². The van der Waals surface area contributed by atoms with E-state index in [1.54, 1.807) is 12.5 Å². The predicted octanol–water partition coefficient (Wildman–Crippen LogP) is 1.10. The monoisotopic (exact) mass is 292 g/mol. The van der Waals surface area contributed by atoms with E-state index < -0.39 is 0 Å². The molecule has 1 amide bonds. The minimum absolute atomic E-state index is 0.121. The average molecular weight is 292 g/mol. The molecule has 116 valence electrons. The largest absolute Gasteiger partial charge is 0.381 e. The molecule has 2 aliphatic heterocycles. The van der Waals surface area contributed by atoms with Crippen LogP contribution < -0.4 is 5.73 Å². The van der Waals surface area contributed by atoms with Gasteiger partial charge in [-0.1, -0.05) is 0 Å². The van der Waals surface area contributed by atoms with E-state index >= 15 is 0 Å². The molecule has 2 saturated heterocycles. The van der Waals surface area contributed by atoms with E-state index in [1.165, 1.54) is 0 Å². The van der Waals surface area contributed by atoms with E-state index in [4.69, 9.17) is 10.5 Å². The maximum atomic E-state index is 12.6. The molecule has 2 fully saturated rings. The number of carbonyl (C=O) groups is 1. The summed E-state index contributed by atoms with van der Waals surface area (Å²) in [7, 11) is 0. The van der Waals surface area contributed by atoms with Crippen LogP contribution in [0.3, 0.4) is 0 Å². The van der Waals surface area contributed by atoms with Gasteiger partial charge < -0.3 is 19.9 Å². The highest BCUT2D eigenvalue weighted by atomic mass is 16.5. The fourth-order valence-electron chi connectivity index (χ4n) is 3.29. The van der Waals surface area contributed by atoms with Gasteiger partial charge in [0.2, 0.25) is 5.91 Å². The average Bonchev–Trinajstić information content (AvgIpc) is 3.26. The van der Waals surface area contributed by atoms with Gasteiger partial charge in [-0.2, -0.15) is 0 Å². The molecule has 0 saturated carbocycles. The third kappa shape index (κ3) is 2.82. The Hall–Kier alpha value is -1.40. The number of amides is 1. The van der Waals surface area contributed by atoms with Crippen molar-refractivity contribution >= 4 is 5.91 Å². The van der Waals surface area contributed by atoms with Crippen LogP contribution in [0, 0.1) is 5.92 Å². The van der Waals surface area contributed by atoms with E-state index in [2.05, 4.69) is 4.98 Å². The topological polar surface area (TPSA) is 73.4 Å². The molecule has 3 heterocycles. The lowest BCUT2D eigenvalue weighted by Gasteiger charge is -2.25. The Bertz CT molecular complexity index is 490. The van der Waals surface area contributed by atoms with Gasteiger partial charge in [-0.3, -0.25) is 4.79 Å². The van der Waals surface area contributed by atoms with E-state index in [1.807, 2.05) is 16.4 Å². The van der Waals surface area contributed by atoms with Crippen LogP contribution in [0.5, 0.6) is 0 Å². The summed E-state index contributed by atoms with van der Waals surface area (Å²) in [4.78, 5) is 18.7. The number of rotatable bonds is 4. The van der Waals surface area contributed by atoms with Gasteiger partial charge in [-0.25, -0.2) is 4.98 Å². The van der Waals surface area contributed by atoms with E-state index in [0.717, 1.165) is 44.7 Å². The first-order chi connectivity index (χ1) is 10.2. The Morgan fingerprint density at radius 1 is 1.48 bits per heavy atom. The van der Waals surface area contributed by atoms with Crippen molar-refractivity contribution in [3.8, 4) is 0 Å². The van der Waals surface area contributed by atoms with Crippen LogP contribution in [-0.2, 0) is 9.53 Å². The normalized spacial score (nSPS) is 25.2. The van der Waals surface area contributed by atoms with Crippen molar-refractivity contribution in [2.75, 3.05) is 26.3 Å². The zero-order valence-corrected chi connectivity index (χ0v) is 12.6. The SMILES string of the molecule is CC(C(=O)N1CCCC1)n1cncc1C(N)C1CCOC1. The Kier molecular flexibility index (Phi) is 4.26. The number of hydrogen-bond donors (Lipinski definition) is 1. The maximum absolute atomic E-state index is 12.6. The van der Waals surface area contributed by atoms with Crippen LogP contribution in [0.25, 0.3) is 0 Å². The summed E-state index contributed by atoms with van der Waals surface area (Å²) in [5.74, 6) is 0.483. The molecule has 6 heteroatoms. The molecule has 2 N–H and O–H groups in total. The number of hydrogen-bond acceptors (Lipinski definition) is 4. The summed E-state index contributed by atoms with van der Waals surface area (Å²) < 4.78 is 7.35. The Labute approximate surface area is 125 Å². The maximum Gasteiger partial charge on any atom is 0.245 e. The first-order valence-electron chi connectivity index (χ1n) is 7.82. The molecule has 0 bridgehead atoms. The molecule has 1 aromatic rings. The van der Waals surface area contributed by atoms with Gasteiger partial charge >= 0.3 is 0 Å². The number of carbonyl (C=O) groups excluding carboxylic acids is 1. The van der Waals surface area contributed by atoms with Gasteiger partial charge in [0.15, 0.2) is 0 Å². The fraction of sp³-hybridized carbons (Fsp3) is 0.733. The van der Waals surface area contributed by atoms with Crippen molar-refractivity contribution in [1.82, 2.24) is 14.5 Å². The molecule has 0 aromatic carbocycles. The Balaban J connectivity index is 1.75. The highest BCUT2D eigenvalue weighted by Crippen LogP contribution is 2.28. The molecule has 1 aromatic heterocycles. The second-order valence-electron chi connectivity index (χ2n) is 6.08. The molecule has 6 nitrogen and oxygen atoms in total. The van der Waals surface area contributed by atoms with Crippen molar-refractivity contribution in [3.05, 3.63) is 18.2 Å². The van der Waals surface area contributed by atoms with Crippen LogP contribution in [0.15, 0.2) is 12.5 Å². The van der Waals surface area contributed by atoms with Crippen LogP contribution in [0.4, 0.5) is 0 Å². The highest BCUT2D eigenvalue weighted by Gasteiger charge is 2.30. The van der Waals surface area contributed by atoms with Gasteiger partial charge in [0, 0.05) is 31.8 Å². The summed E-state index contributed by atoms with van der Waals surface area (Å²) in [5.41, 5.74) is 7.31. The second-order valence-corrected chi connectivity index (χ2v) is 6.08. The van der Waals surface area contributed by atoms with E-state index in [-0.39, 0.29) is 18.0 Å². The number of ether oxygens (including phenoxy) is 1. The highest BCUT2D eigenvalue weighted by molar-refractivity contribution is 5.80. The minimum atomic E-state index is -0.242. The Morgan fingerprint density at radius 2 is 2.24 bits per heavy atom. The number of nitrogens with two attached hydrogens (primary N) is 1. The van der Waals surface area contributed by atoms with Crippen molar-refractivity contribution in [2.45, 2.75) is 38.3 Å². The first kappa shape index (κ1) is 14.5. The summed E-state index contributed by atoms with van der Waals surface area (Å²) >= 11 is 0. The molecule has 21 heavy (non-hydrogen) atoms. The second kappa shape index (κ2) is 6.15. The minimum Gasteiger partial charge on any atom is -0.381 e. The lowest BCUT2D eigenvalue weighted by molar-refractivity contribution is -0.133. The van der Waals surface area contributed by atoms with Crippen molar-refractivity contribution in [1.29, 1.82) is 0 Å². The molecule has 3 atom stereocenters. The molecule has 0 spiro atoms. The summed E-state index contributed by atoms with van der Waals surface area (Å²) in [6.45, 7) is 5.14. The summed E-state index contributed by atoms with van der Waals surface area (Å²) in [5, 5.41) is 0. The van der Waals surface area contributed by atoms with Crippen LogP contribution in [-0.4, -0.2) is 46.7 Å². The lowest BCUT2D eigenvalue weighted by Crippen LogP contribution is -2.35. The fourth-order valence-corrected chi connectivity index (χ4v) is 3.29. The quantitative estimate of drug-likeness (QED) is 0.902. The van der Waals surface area contributed by atoms with Crippen LogP contribution in [0.1, 0.15) is 44.0 Å². The number of aromatic nitrogens is 2. The predicted molar refractivity (Wildman–Crippen MR) is 78.6 cm³/mol. The van der Waals surface area contributed by atoms with Gasteiger partial charge in [-0.05, 0) is 26.2 Å². The smallest absolute Gasteiger partial charge is 0.245 e. The van der Waals surface area contributed by atoms with Crippen molar-refractivity contribution in [3.63, 3.8) is 0 Å². The standard InChI is InChI=1S/C15H24N4O2/c1-11(15(20)18-5-2-3-6-18)19-10-17-8-13(19)14(16)12-4-7-21-9-12/h8,10-12,14H,2-7,9,16H2,1H3. The summed E-state index contributed by atoms with van der Waals surface area (Å²) in [6.07, 6.45) is 6.70. The first-order valence-corrected chi connectivity index (χ1v) is 7.82. The van der Waals surface area contributed by atoms with Gasteiger partial charge in [0.25, 0.3) is 0 Å². The molecule has 2 aliphatic rings. The van der Waals surface area contributed by atoms with Crippen molar-refractivity contribution < 1.29 is 9.53 Å². The van der Waals surface area contributed by atoms with Gasteiger partial charge in [-0.15, -0.1) is 0 Å². The zero-order valence-electron chi connectivity index (χ0n) is 12.6. The number of nitrogens with zero attached hydrogens (tertiary/aromatic N) is 3. The van der Waals surface area contributed by atoms with Gasteiger partial charge in [0.05, 0.1) is 24.7 Å². The summed E-state index contributed by atoms with van der Waals surface area (Å²) in [6, 6.07) is -0.363. The molecule has 3 unspecified atom stereocenters. The van der Waals surface area contributed by atoms with Gasteiger partial charge in [0.1, 0.15) is 6.04 Å². The Morgan fingerprint density at radius 3 is 2.90 bits per heavy atom. The number of imidazole rings is 1.